The smallest absolute Gasteiger partial charge is 0.251 e. The van der Waals surface area contributed by atoms with E-state index in [9.17, 15) is 4.79 Å². The van der Waals surface area contributed by atoms with Crippen LogP contribution in [0.1, 0.15) is 43.0 Å². The molecular weight excluding hydrogens is 394 g/mol. The van der Waals surface area contributed by atoms with E-state index in [-0.39, 0.29) is 11.9 Å². The van der Waals surface area contributed by atoms with Crippen molar-refractivity contribution in [1.82, 2.24) is 14.7 Å². The molecule has 1 aliphatic rings. The van der Waals surface area contributed by atoms with E-state index in [1.54, 1.807) is 18.4 Å². The number of nitrogens with zero attached hydrogens (tertiary/aromatic N) is 2. The maximum Gasteiger partial charge on any atom is 0.251 e. The van der Waals surface area contributed by atoms with Crippen LogP contribution in [0.25, 0.3) is 26.4 Å². The highest BCUT2D eigenvalue weighted by atomic mass is 32.1. The predicted octanol–water partition coefficient (Wildman–Crippen LogP) is 5.53. The SMILES string of the molecule is COc1cccc(-c2cn3c(n2)sc2cc(C(=O)N[C@H]4CCCC[C@H]4C)ccc23)c1. The van der Waals surface area contributed by atoms with Crippen LogP contribution >= 0.6 is 11.3 Å². The molecule has 2 aromatic carbocycles. The van der Waals surface area contributed by atoms with Crippen molar-refractivity contribution in [2.45, 2.75) is 38.6 Å². The number of fused-ring (bicyclic) bond motifs is 3. The van der Waals surface area contributed by atoms with E-state index in [4.69, 9.17) is 9.72 Å². The molecule has 0 radical (unpaired) electrons. The lowest BCUT2D eigenvalue weighted by Gasteiger charge is -2.29. The normalized spacial score (nSPS) is 19.3. The summed E-state index contributed by atoms with van der Waals surface area (Å²) < 4.78 is 8.49. The van der Waals surface area contributed by atoms with Crippen molar-refractivity contribution < 1.29 is 9.53 Å². The van der Waals surface area contributed by atoms with E-state index in [0.717, 1.165) is 44.2 Å². The third kappa shape index (κ3) is 3.45. The molecule has 1 amide bonds. The van der Waals surface area contributed by atoms with Crippen molar-refractivity contribution >= 4 is 32.4 Å². The number of amides is 1. The molecule has 1 aliphatic carbocycles. The Labute approximate surface area is 179 Å². The molecule has 30 heavy (non-hydrogen) atoms. The standard InChI is InChI=1S/C24H25N3O2S/c1-15-6-3-4-9-19(15)25-23(28)17-10-11-21-22(13-17)30-24-26-20(14-27(21)24)16-7-5-8-18(12-16)29-2/h5,7-8,10-15,19H,3-4,6,9H2,1-2H3,(H,25,28)/t15-,19+/m1/s1. The van der Waals surface area contributed by atoms with Gasteiger partial charge in [0, 0.05) is 23.4 Å². The van der Waals surface area contributed by atoms with Crippen LogP contribution in [0.3, 0.4) is 0 Å². The molecule has 6 heteroatoms. The van der Waals surface area contributed by atoms with Gasteiger partial charge in [-0.05, 0) is 49.1 Å². The summed E-state index contributed by atoms with van der Waals surface area (Å²) in [4.78, 5) is 18.5. The zero-order valence-electron chi connectivity index (χ0n) is 17.2. The fraction of sp³-hybridized carbons (Fsp3) is 0.333. The van der Waals surface area contributed by atoms with Gasteiger partial charge in [0.15, 0.2) is 4.96 Å². The Kier molecular flexibility index (Phi) is 4.95. The molecule has 4 aromatic rings. The van der Waals surface area contributed by atoms with Gasteiger partial charge in [-0.15, -0.1) is 0 Å². The molecule has 1 saturated carbocycles. The van der Waals surface area contributed by atoms with Gasteiger partial charge in [-0.2, -0.15) is 0 Å². The van der Waals surface area contributed by atoms with Gasteiger partial charge in [-0.1, -0.05) is 43.2 Å². The summed E-state index contributed by atoms with van der Waals surface area (Å²) in [6, 6.07) is 14.1. The highest BCUT2D eigenvalue weighted by Crippen LogP contribution is 2.31. The van der Waals surface area contributed by atoms with Crippen LogP contribution in [-0.4, -0.2) is 28.4 Å². The van der Waals surface area contributed by atoms with E-state index < -0.39 is 0 Å². The molecule has 0 bridgehead atoms. The Morgan fingerprint density at radius 3 is 2.90 bits per heavy atom. The van der Waals surface area contributed by atoms with Crippen LogP contribution in [-0.2, 0) is 0 Å². The molecule has 5 rings (SSSR count). The van der Waals surface area contributed by atoms with Crippen molar-refractivity contribution in [3.63, 3.8) is 0 Å². The highest BCUT2D eigenvalue weighted by molar-refractivity contribution is 7.23. The lowest BCUT2D eigenvalue weighted by atomic mass is 9.86. The minimum atomic E-state index is 0.0266. The van der Waals surface area contributed by atoms with E-state index in [0.29, 0.717) is 5.92 Å². The van der Waals surface area contributed by atoms with Gasteiger partial charge in [0.1, 0.15) is 5.75 Å². The second kappa shape index (κ2) is 7.76. The number of hydrogen-bond acceptors (Lipinski definition) is 4. The Bertz CT molecular complexity index is 1230. The molecule has 5 nitrogen and oxygen atoms in total. The quantitative estimate of drug-likeness (QED) is 0.473. The first-order valence-corrected chi connectivity index (χ1v) is 11.3. The van der Waals surface area contributed by atoms with Gasteiger partial charge >= 0.3 is 0 Å². The fourth-order valence-electron chi connectivity index (χ4n) is 4.35. The molecule has 1 fully saturated rings. The Morgan fingerprint density at radius 2 is 2.07 bits per heavy atom. The number of carbonyl (C=O) groups excluding carboxylic acids is 1. The van der Waals surface area contributed by atoms with E-state index in [2.05, 4.69) is 16.6 Å². The van der Waals surface area contributed by atoms with E-state index in [1.165, 1.54) is 19.3 Å². The van der Waals surface area contributed by atoms with Crippen LogP contribution in [0.4, 0.5) is 0 Å². The van der Waals surface area contributed by atoms with E-state index >= 15 is 0 Å². The second-order valence-corrected chi connectivity index (χ2v) is 9.15. The highest BCUT2D eigenvalue weighted by Gasteiger charge is 2.23. The van der Waals surface area contributed by atoms with Crippen LogP contribution in [0, 0.1) is 5.92 Å². The first kappa shape index (κ1) is 19.1. The zero-order chi connectivity index (χ0) is 20.7. The van der Waals surface area contributed by atoms with Crippen LogP contribution in [0.2, 0.25) is 0 Å². The number of aromatic nitrogens is 2. The van der Waals surface area contributed by atoms with Gasteiger partial charge in [0.2, 0.25) is 0 Å². The molecule has 0 aliphatic heterocycles. The van der Waals surface area contributed by atoms with E-state index in [1.807, 2.05) is 48.7 Å². The molecule has 154 valence electrons. The number of imidazole rings is 1. The average Bonchev–Trinajstić information content (AvgIpc) is 3.33. The van der Waals surface area contributed by atoms with Crippen molar-refractivity contribution in [2.75, 3.05) is 7.11 Å². The molecule has 2 heterocycles. The van der Waals surface area contributed by atoms with Gasteiger partial charge in [-0.25, -0.2) is 4.98 Å². The number of hydrogen-bond donors (Lipinski definition) is 1. The summed E-state index contributed by atoms with van der Waals surface area (Å²) in [6.45, 7) is 2.24. The number of methoxy groups -OCH3 is 1. The minimum absolute atomic E-state index is 0.0266. The monoisotopic (exact) mass is 419 g/mol. The average molecular weight is 420 g/mol. The van der Waals surface area contributed by atoms with Crippen LogP contribution in [0.5, 0.6) is 5.75 Å². The molecule has 1 N–H and O–H groups in total. The largest absolute Gasteiger partial charge is 0.497 e. The first-order chi connectivity index (χ1) is 14.6. The van der Waals surface area contributed by atoms with Gasteiger partial charge in [0.25, 0.3) is 5.91 Å². The maximum atomic E-state index is 12.8. The van der Waals surface area contributed by atoms with Gasteiger partial charge in [0.05, 0.1) is 23.0 Å². The number of benzene rings is 2. The number of ether oxygens (including phenoxy) is 1. The summed E-state index contributed by atoms with van der Waals surface area (Å²) in [5.74, 6) is 1.39. The lowest BCUT2D eigenvalue weighted by Crippen LogP contribution is -2.41. The van der Waals surface area contributed by atoms with Crippen LogP contribution < -0.4 is 10.1 Å². The Balaban J connectivity index is 1.43. The van der Waals surface area contributed by atoms with Crippen molar-refractivity contribution in [1.29, 1.82) is 0 Å². The minimum Gasteiger partial charge on any atom is -0.497 e. The zero-order valence-corrected chi connectivity index (χ0v) is 18.0. The predicted molar refractivity (Wildman–Crippen MR) is 121 cm³/mol. The van der Waals surface area contributed by atoms with Crippen LogP contribution in [0.15, 0.2) is 48.7 Å². The topological polar surface area (TPSA) is 55.6 Å². The molecule has 2 aromatic heterocycles. The van der Waals surface area contributed by atoms with Crippen molar-refractivity contribution in [2.24, 2.45) is 5.92 Å². The summed E-state index contributed by atoms with van der Waals surface area (Å²) in [7, 11) is 1.67. The number of nitrogens with one attached hydrogen (secondary N) is 1. The third-order valence-corrected chi connectivity index (χ3v) is 7.17. The van der Waals surface area contributed by atoms with Gasteiger partial charge < -0.3 is 10.1 Å². The van der Waals surface area contributed by atoms with Crippen molar-refractivity contribution in [3.05, 3.63) is 54.2 Å². The molecule has 0 saturated heterocycles. The Morgan fingerprint density at radius 1 is 1.20 bits per heavy atom. The second-order valence-electron chi connectivity index (χ2n) is 8.14. The Hall–Kier alpha value is -2.86. The summed E-state index contributed by atoms with van der Waals surface area (Å²) in [5, 5.41) is 3.25. The summed E-state index contributed by atoms with van der Waals surface area (Å²) >= 11 is 1.61. The molecular formula is C24H25N3O2S. The maximum absolute atomic E-state index is 12.8. The first-order valence-electron chi connectivity index (χ1n) is 10.5. The summed E-state index contributed by atoms with van der Waals surface area (Å²) in [6.07, 6.45) is 6.79. The van der Waals surface area contributed by atoms with Gasteiger partial charge in [-0.3, -0.25) is 9.20 Å². The molecule has 0 spiro atoms. The summed E-state index contributed by atoms with van der Waals surface area (Å²) in [5.41, 5.74) is 3.73. The number of thiazole rings is 1. The number of rotatable bonds is 4. The fourth-order valence-corrected chi connectivity index (χ4v) is 5.39. The third-order valence-electron chi connectivity index (χ3n) is 6.15. The van der Waals surface area contributed by atoms with Crippen molar-refractivity contribution in [3.8, 4) is 17.0 Å². The molecule has 2 atom stereocenters. The molecule has 0 unspecified atom stereocenters. The lowest BCUT2D eigenvalue weighted by molar-refractivity contribution is 0.0910. The number of carbonyl (C=O) groups is 1.